The van der Waals surface area contributed by atoms with E-state index in [0.29, 0.717) is 18.2 Å². The number of anilines is 1. The zero-order valence-corrected chi connectivity index (χ0v) is 15.1. The SMILES string of the molecule is CC(=O)N1CCC(CCC(=O)Nc2ccc(-c3ccccc3)cn2)CC1. The topological polar surface area (TPSA) is 62.3 Å². The summed E-state index contributed by atoms with van der Waals surface area (Å²) in [6, 6.07) is 13.8. The Morgan fingerprint density at radius 1 is 1.08 bits per heavy atom. The van der Waals surface area contributed by atoms with Crippen molar-refractivity contribution in [1.29, 1.82) is 0 Å². The normalized spacial score (nSPS) is 14.9. The minimum Gasteiger partial charge on any atom is -0.343 e. The molecule has 5 nitrogen and oxygen atoms in total. The quantitative estimate of drug-likeness (QED) is 0.893. The number of amides is 2. The average Bonchev–Trinajstić information content (AvgIpc) is 2.68. The highest BCUT2D eigenvalue weighted by Gasteiger charge is 2.21. The first-order valence-corrected chi connectivity index (χ1v) is 9.18. The number of aromatic nitrogens is 1. The Bertz CT molecular complexity index is 736. The molecule has 0 saturated carbocycles. The van der Waals surface area contributed by atoms with E-state index in [9.17, 15) is 9.59 Å². The summed E-state index contributed by atoms with van der Waals surface area (Å²) < 4.78 is 0. The van der Waals surface area contributed by atoms with Crippen LogP contribution in [0.15, 0.2) is 48.7 Å². The molecule has 3 rings (SSSR count). The Labute approximate surface area is 154 Å². The van der Waals surface area contributed by atoms with Crippen molar-refractivity contribution in [3.63, 3.8) is 0 Å². The van der Waals surface area contributed by atoms with Crippen LogP contribution in [0.2, 0.25) is 0 Å². The lowest BCUT2D eigenvalue weighted by molar-refractivity contribution is -0.130. The lowest BCUT2D eigenvalue weighted by Gasteiger charge is -2.31. The van der Waals surface area contributed by atoms with E-state index in [1.54, 1.807) is 13.1 Å². The summed E-state index contributed by atoms with van der Waals surface area (Å²) in [5.74, 6) is 1.25. The molecule has 1 aromatic heterocycles. The number of carbonyl (C=O) groups excluding carboxylic acids is 2. The van der Waals surface area contributed by atoms with Gasteiger partial charge in [-0.05, 0) is 42.9 Å². The van der Waals surface area contributed by atoms with Crippen LogP contribution in [0.5, 0.6) is 0 Å². The number of hydrogen-bond donors (Lipinski definition) is 1. The smallest absolute Gasteiger partial charge is 0.225 e. The highest BCUT2D eigenvalue weighted by Crippen LogP contribution is 2.22. The fourth-order valence-electron chi connectivity index (χ4n) is 3.35. The standard InChI is InChI=1S/C21H25N3O2/c1-16(25)24-13-11-17(12-14-24)7-10-21(26)23-20-9-8-19(15-22-20)18-5-3-2-4-6-18/h2-6,8-9,15,17H,7,10-14H2,1H3,(H,22,23,26). The molecule has 2 aromatic rings. The first-order valence-electron chi connectivity index (χ1n) is 9.18. The summed E-state index contributed by atoms with van der Waals surface area (Å²) >= 11 is 0. The van der Waals surface area contributed by atoms with Gasteiger partial charge in [-0.15, -0.1) is 0 Å². The van der Waals surface area contributed by atoms with Gasteiger partial charge >= 0.3 is 0 Å². The number of likely N-dealkylation sites (tertiary alicyclic amines) is 1. The molecule has 0 atom stereocenters. The van der Waals surface area contributed by atoms with Crippen LogP contribution in [0, 0.1) is 5.92 Å². The van der Waals surface area contributed by atoms with Crippen molar-refractivity contribution >= 4 is 17.6 Å². The molecule has 0 spiro atoms. The van der Waals surface area contributed by atoms with Crippen molar-refractivity contribution in [2.45, 2.75) is 32.6 Å². The monoisotopic (exact) mass is 351 g/mol. The third-order valence-electron chi connectivity index (χ3n) is 4.98. The first-order chi connectivity index (χ1) is 12.6. The Morgan fingerprint density at radius 2 is 1.81 bits per heavy atom. The highest BCUT2D eigenvalue weighted by atomic mass is 16.2. The molecule has 1 fully saturated rings. The van der Waals surface area contributed by atoms with E-state index in [4.69, 9.17) is 0 Å². The van der Waals surface area contributed by atoms with Gasteiger partial charge in [0.15, 0.2) is 0 Å². The molecule has 1 N–H and O–H groups in total. The van der Waals surface area contributed by atoms with Gasteiger partial charge in [0, 0.05) is 38.2 Å². The van der Waals surface area contributed by atoms with Crippen molar-refractivity contribution in [1.82, 2.24) is 9.88 Å². The number of rotatable bonds is 5. The molecule has 5 heteroatoms. The van der Waals surface area contributed by atoms with Gasteiger partial charge in [0.25, 0.3) is 0 Å². The van der Waals surface area contributed by atoms with Crippen molar-refractivity contribution in [2.24, 2.45) is 5.92 Å². The molecule has 0 unspecified atom stereocenters. The van der Waals surface area contributed by atoms with E-state index < -0.39 is 0 Å². The third-order valence-corrected chi connectivity index (χ3v) is 4.98. The molecule has 136 valence electrons. The largest absolute Gasteiger partial charge is 0.343 e. The number of pyridine rings is 1. The number of nitrogens with one attached hydrogen (secondary N) is 1. The minimum absolute atomic E-state index is 0.000964. The predicted octanol–water partition coefficient (Wildman–Crippen LogP) is 3.73. The molecule has 1 aliphatic heterocycles. The van der Waals surface area contributed by atoms with Crippen LogP contribution >= 0.6 is 0 Å². The van der Waals surface area contributed by atoms with Crippen LogP contribution in [0.4, 0.5) is 5.82 Å². The second kappa shape index (κ2) is 8.61. The lowest BCUT2D eigenvalue weighted by Crippen LogP contribution is -2.37. The average molecular weight is 351 g/mol. The van der Waals surface area contributed by atoms with Crippen molar-refractivity contribution in [3.8, 4) is 11.1 Å². The fourth-order valence-corrected chi connectivity index (χ4v) is 3.35. The Balaban J connectivity index is 1.44. The Kier molecular flexibility index (Phi) is 6.00. The van der Waals surface area contributed by atoms with Gasteiger partial charge in [-0.3, -0.25) is 9.59 Å². The molecule has 0 bridgehead atoms. The number of nitrogens with zero attached hydrogens (tertiary/aromatic N) is 2. The Morgan fingerprint density at radius 3 is 2.42 bits per heavy atom. The van der Waals surface area contributed by atoms with Gasteiger partial charge in [-0.2, -0.15) is 0 Å². The summed E-state index contributed by atoms with van der Waals surface area (Å²) in [7, 11) is 0. The van der Waals surface area contributed by atoms with Crippen molar-refractivity contribution in [2.75, 3.05) is 18.4 Å². The van der Waals surface area contributed by atoms with Crippen LogP contribution in [0.25, 0.3) is 11.1 Å². The van der Waals surface area contributed by atoms with Gasteiger partial charge < -0.3 is 10.2 Å². The van der Waals surface area contributed by atoms with Gasteiger partial charge in [-0.25, -0.2) is 4.98 Å². The summed E-state index contributed by atoms with van der Waals surface area (Å²) in [5.41, 5.74) is 2.13. The fraction of sp³-hybridized carbons (Fsp3) is 0.381. The summed E-state index contributed by atoms with van der Waals surface area (Å²) in [4.78, 5) is 29.7. The summed E-state index contributed by atoms with van der Waals surface area (Å²) in [5, 5.41) is 2.87. The molecular formula is C21H25N3O2. The number of benzene rings is 1. The first kappa shape index (κ1) is 18.1. The molecule has 0 aliphatic carbocycles. The molecule has 1 aliphatic rings. The maximum Gasteiger partial charge on any atom is 0.225 e. The zero-order chi connectivity index (χ0) is 18.4. The third kappa shape index (κ3) is 4.91. The maximum atomic E-state index is 12.2. The van der Waals surface area contributed by atoms with Gasteiger partial charge in [0.05, 0.1) is 0 Å². The Hall–Kier alpha value is -2.69. The van der Waals surface area contributed by atoms with Gasteiger partial charge in [0.1, 0.15) is 5.82 Å². The molecule has 2 amide bonds. The molecule has 0 radical (unpaired) electrons. The zero-order valence-electron chi connectivity index (χ0n) is 15.1. The van der Waals surface area contributed by atoms with E-state index in [1.165, 1.54) is 0 Å². The van der Waals surface area contributed by atoms with Crippen LogP contribution in [0.1, 0.15) is 32.6 Å². The van der Waals surface area contributed by atoms with E-state index in [0.717, 1.165) is 43.5 Å². The van der Waals surface area contributed by atoms with E-state index in [-0.39, 0.29) is 11.8 Å². The number of carbonyl (C=O) groups is 2. The molecular weight excluding hydrogens is 326 g/mol. The second-order valence-electron chi connectivity index (χ2n) is 6.83. The molecule has 1 saturated heterocycles. The van der Waals surface area contributed by atoms with Crippen LogP contribution in [-0.4, -0.2) is 34.8 Å². The molecule has 1 aromatic carbocycles. The number of hydrogen-bond acceptors (Lipinski definition) is 3. The van der Waals surface area contributed by atoms with E-state index in [1.807, 2.05) is 47.4 Å². The second-order valence-corrected chi connectivity index (χ2v) is 6.83. The maximum absolute atomic E-state index is 12.2. The summed E-state index contributed by atoms with van der Waals surface area (Å²) in [6.07, 6.45) is 5.10. The summed E-state index contributed by atoms with van der Waals surface area (Å²) in [6.45, 7) is 3.23. The van der Waals surface area contributed by atoms with Crippen LogP contribution in [0.3, 0.4) is 0 Å². The van der Waals surface area contributed by atoms with E-state index >= 15 is 0 Å². The lowest BCUT2D eigenvalue weighted by atomic mass is 9.92. The minimum atomic E-state index is -0.000964. The number of piperidine rings is 1. The highest BCUT2D eigenvalue weighted by molar-refractivity contribution is 5.89. The van der Waals surface area contributed by atoms with Gasteiger partial charge in [-0.1, -0.05) is 30.3 Å². The van der Waals surface area contributed by atoms with Crippen LogP contribution in [-0.2, 0) is 9.59 Å². The molecule has 2 heterocycles. The molecule has 26 heavy (non-hydrogen) atoms. The van der Waals surface area contributed by atoms with Crippen molar-refractivity contribution in [3.05, 3.63) is 48.7 Å². The van der Waals surface area contributed by atoms with Crippen molar-refractivity contribution < 1.29 is 9.59 Å². The predicted molar refractivity (Wildman–Crippen MR) is 103 cm³/mol. The van der Waals surface area contributed by atoms with Gasteiger partial charge in [0.2, 0.25) is 11.8 Å². The van der Waals surface area contributed by atoms with Crippen LogP contribution < -0.4 is 5.32 Å². The van der Waals surface area contributed by atoms with E-state index in [2.05, 4.69) is 10.3 Å².